The van der Waals surface area contributed by atoms with Crippen LogP contribution >= 0.6 is 27.3 Å². The summed E-state index contributed by atoms with van der Waals surface area (Å²) in [6, 6.07) is 2.22. The number of hydrogen-bond donors (Lipinski definition) is 1. The van der Waals surface area contributed by atoms with Gasteiger partial charge in [0.1, 0.15) is 5.82 Å². The molecule has 86 valence electrons. The van der Waals surface area contributed by atoms with E-state index in [1.165, 1.54) is 4.88 Å². The highest BCUT2D eigenvalue weighted by Crippen LogP contribution is 2.23. The Hall–Kier alpha value is -0.650. The summed E-state index contributed by atoms with van der Waals surface area (Å²) in [5, 5.41) is 2.08. The van der Waals surface area contributed by atoms with Crippen LogP contribution in [-0.2, 0) is 13.0 Å². The number of halogens is 1. The van der Waals surface area contributed by atoms with Crippen molar-refractivity contribution in [3.8, 4) is 0 Å². The third-order valence-corrected chi connectivity index (χ3v) is 4.22. The summed E-state index contributed by atoms with van der Waals surface area (Å²) in [5.41, 5.74) is 5.80. The molecule has 0 fully saturated rings. The van der Waals surface area contributed by atoms with Gasteiger partial charge in [-0.1, -0.05) is 0 Å². The molecule has 3 nitrogen and oxygen atoms in total. The Labute approximate surface area is 107 Å². The van der Waals surface area contributed by atoms with E-state index >= 15 is 0 Å². The van der Waals surface area contributed by atoms with Gasteiger partial charge in [-0.2, -0.15) is 0 Å². The molecule has 2 aromatic rings. The van der Waals surface area contributed by atoms with Crippen LogP contribution in [0.5, 0.6) is 0 Å². The average Bonchev–Trinajstić information content (AvgIpc) is 2.78. The fraction of sp³-hybridized carbons (Fsp3) is 0.364. The predicted octanol–water partition coefficient (Wildman–Crippen LogP) is 2.65. The zero-order chi connectivity index (χ0) is 11.5. The lowest BCUT2D eigenvalue weighted by molar-refractivity contribution is 0.651. The molecule has 2 N–H and O–H groups in total. The Kier molecular flexibility index (Phi) is 3.78. The molecular weight excluding hydrogens is 286 g/mol. The fourth-order valence-corrected chi connectivity index (χ4v) is 3.03. The van der Waals surface area contributed by atoms with Gasteiger partial charge < -0.3 is 10.3 Å². The lowest BCUT2D eigenvalue weighted by atomic mass is 10.2. The highest BCUT2D eigenvalue weighted by Gasteiger charge is 2.08. The van der Waals surface area contributed by atoms with Crippen LogP contribution in [0.15, 0.2) is 28.3 Å². The highest BCUT2D eigenvalue weighted by atomic mass is 79.9. The fourth-order valence-electron chi connectivity index (χ4n) is 1.55. The minimum absolute atomic E-state index is 0.146. The van der Waals surface area contributed by atoms with Gasteiger partial charge in [-0.3, -0.25) is 0 Å². The first-order valence-electron chi connectivity index (χ1n) is 5.14. The van der Waals surface area contributed by atoms with E-state index in [0.717, 1.165) is 23.3 Å². The summed E-state index contributed by atoms with van der Waals surface area (Å²) in [5.74, 6) is 1.05. The molecule has 0 radical (unpaired) electrons. The summed E-state index contributed by atoms with van der Waals surface area (Å²) in [4.78, 5) is 5.65. The van der Waals surface area contributed by atoms with Crippen molar-refractivity contribution in [3.05, 3.63) is 39.0 Å². The average molecular weight is 300 g/mol. The second-order valence-electron chi connectivity index (χ2n) is 3.84. The largest absolute Gasteiger partial charge is 0.330 e. The first kappa shape index (κ1) is 11.8. The van der Waals surface area contributed by atoms with Crippen LogP contribution in [0.25, 0.3) is 0 Å². The molecule has 0 spiro atoms. The third-order valence-electron chi connectivity index (χ3n) is 2.31. The number of thiophene rings is 1. The third kappa shape index (κ3) is 2.72. The Morgan fingerprint density at radius 2 is 2.44 bits per heavy atom. The number of nitrogens with zero attached hydrogens (tertiary/aromatic N) is 2. The first-order chi connectivity index (χ1) is 7.66. The molecular formula is C11H14BrN3S. The zero-order valence-corrected chi connectivity index (χ0v) is 11.5. The highest BCUT2D eigenvalue weighted by molar-refractivity contribution is 9.10. The van der Waals surface area contributed by atoms with Crippen LogP contribution in [0.1, 0.15) is 17.6 Å². The zero-order valence-electron chi connectivity index (χ0n) is 9.06. The molecule has 0 amide bonds. The smallest absolute Gasteiger partial charge is 0.110 e. The Balaban J connectivity index is 2.16. The van der Waals surface area contributed by atoms with Gasteiger partial charge in [-0.25, -0.2) is 4.98 Å². The summed E-state index contributed by atoms with van der Waals surface area (Å²) in [7, 11) is 0. The van der Waals surface area contributed by atoms with Crippen LogP contribution in [0.2, 0.25) is 0 Å². The summed E-state index contributed by atoms with van der Waals surface area (Å²) >= 11 is 5.29. The molecule has 0 saturated heterocycles. The van der Waals surface area contributed by atoms with Gasteiger partial charge in [0.05, 0.1) is 6.54 Å². The molecule has 2 heterocycles. The van der Waals surface area contributed by atoms with E-state index in [-0.39, 0.29) is 6.04 Å². The molecule has 0 aliphatic rings. The molecule has 2 rings (SSSR count). The molecule has 0 aromatic carbocycles. The second kappa shape index (κ2) is 5.12. The Bertz CT molecular complexity index is 461. The van der Waals surface area contributed by atoms with E-state index in [4.69, 9.17) is 5.73 Å². The number of nitrogens with two attached hydrogens (primary N) is 1. The maximum atomic E-state index is 5.80. The van der Waals surface area contributed by atoms with Crippen molar-refractivity contribution in [3.63, 3.8) is 0 Å². The molecule has 0 aliphatic heterocycles. The van der Waals surface area contributed by atoms with Crippen LogP contribution in [0, 0.1) is 0 Å². The maximum absolute atomic E-state index is 5.80. The van der Waals surface area contributed by atoms with Gasteiger partial charge in [0.15, 0.2) is 0 Å². The second-order valence-corrected chi connectivity index (χ2v) is 5.70. The number of imidazole rings is 1. The Morgan fingerprint density at radius 3 is 3.06 bits per heavy atom. The van der Waals surface area contributed by atoms with Crippen LogP contribution in [0.4, 0.5) is 0 Å². The van der Waals surface area contributed by atoms with Gasteiger partial charge in [0.25, 0.3) is 0 Å². The number of aromatic nitrogens is 2. The SMILES string of the molecule is CC(N)Cc1nccn1Cc1sccc1Br. The van der Waals surface area contributed by atoms with Crippen molar-refractivity contribution in [2.24, 2.45) is 5.73 Å². The van der Waals surface area contributed by atoms with E-state index in [0.29, 0.717) is 0 Å². The van der Waals surface area contributed by atoms with Crippen LogP contribution in [0.3, 0.4) is 0 Å². The first-order valence-corrected chi connectivity index (χ1v) is 6.81. The number of hydrogen-bond acceptors (Lipinski definition) is 3. The van der Waals surface area contributed by atoms with Gasteiger partial charge in [0, 0.05) is 34.2 Å². The van der Waals surface area contributed by atoms with Gasteiger partial charge >= 0.3 is 0 Å². The van der Waals surface area contributed by atoms with Gasteiger partial charge in [0.2, 0.25) is 0 Å². The topological polar surface area (TPSA) is 43.8 Å². The van der Waals surface area contributed by atoms with Gasteiger partial charge in [-0.05, 0) is 34.3 Å². The Morgan fingerprint density at radius 1 is 1.62 bits per heavy atom. The van der Waals surface area contributed by atoms with Crippen molar-refractivity contribution < 1.29 is 0 Å². The maximum Gasteiger partial charge on any atom is 0.110 e. The van der Waals surface area contributed by atoms with Crippen molar-refractivity contribution in [1.82, 2.24) is 9.55 Å². The van der Waals surface area contributed by atoms with E-state index in [2.05, 4.69) is 36.9 Å². The minimum Gasteiger partial charge on any atom is -0.330 e. The summed E-state index contributed by atoms with van der Waals surface area (Å²) in [6.45, 7) is 2.86. The molecule has 1 atom stereocenters. The summed E-state index contributed by atoms with van der Waals surface area (Å²) < 4.78 is 3.32. The number of rotatable bonds is 4. The van der Waals surface area contributed by atoms with Crippen LogP contribution < -0.4 is 5.73 Å². The lowest BCUT2D eigenvalue weighted by Gasteiger charge is -2.08. The molecule has 5 heteroatoms. The predicted molar refractivity (Wildman–Crippen MR) is 70.7 cm³/mol. The standard InChI is InChI=1S/C11H14BrN3S/c1-8(13)6-11-14-3-4-15(11)7-10-9(12)2-5-16-10/h2-5,8H,6-7,13H2,1H3. The molecule has 0 bridgehead atoms. The molecule has 1 unspecified atom stereocenters. The molecule has 0 saturated carbocycles. The summed E-state index contributed by atoms with van der Waals surface area (Å²) in [6.07, 6.45) is 4.65. The van der Waals surface area contributed by atoms with E-state index in [1.807, 2.05) is 19.3 Å². The van der Waals surface area contributed by atoms with Crippen molar-refractivity contribution >= 4 is 27.3 Å². The van der Waals surface area contributed by atoms with E-state index in [9.17, 15) is 0 Å². The van der Waals surface area contributed by atoms with Gasteiger partial charge in [-0.15, -0.1) is 11.3 Å². The molecule has 16 heavy (non-hydrogen) atoms. The van der Waals surface area contributed by atoms with E-state index in [1.54, 1.807) is 11.3 Å². The monoisotopic (exact) mass is 299 g/mol. The van der Waals surface area contributed by atoms with E-state index < -0.39 is 0 Å². The van der Waals surface area contributed by atoms with Crippen LogP contribution in [-0.4, -0.2) is 15.6 Å². The lowest BCUT2D eigenvalue weighted by Crippen LogP contribution is -2.20. The van der Waals surface area contributed by atoms with Crippen molar-refractivity contribution in [2.75, 3.05) is 0 Å². The molecule has 0 aliphatic carbocycles. The minimum atomic E-state index is 0.146. The molecule has 2 aromatic heterocycles. The normalized spacial score (nSPS) is 12.9. The van der Waals surface area contributed by atoms with Crippen molar-refractivity contribution in [1.29, 1.82) is 0 Å². The quantitative estimate of drug-likeness (QED) is 0.943. The van der Waals surface area contributed by atoms with Crippen molar-refractivity contribution in [2.45, 2.75) is 25.9 Å².